The number of nitrogens with zero attached hydrogens (tertiary/aromatic N) is 3. The molecule has 1 aromatic heterocycles. The molecule has 0 aliphatic carbocycles. The Morgan fingerprint density at radius 2 is 2.15 bits per heavy atom. The van der Waals surface area contributed by atoms with E-state index >= 15 is 0 Å². The molecule has 0 amide bonds. The Labute approximate surface area is 122 Å². The Morgan fingerprint density at radius 3 is 2.75 bits per heavy atom. The summed E-state index contributed by atoms with van der Waals surface area (Å²) in [6, 6.07) is 1.40. The number of aromatic nitrogens is 2. The molecular formula is C13H21N3O3S. The highest BCUT2D eigenvalue weighted by atomic mass is 32.2. The van der Waals surface area contributed by atoms with Gasteiger partial charge in [0.15, 0.2) is 5.16 Å². The summed E-state index contributed by atoms with van der Waals surface area (Å²) in [5.41, 5.74) is -0.335. The predicted molar refractivity (Wildman–Crippen MR) is 79.3 cm³/mol. The number of carboxylic acids is 1. The first-order chi connectivity index (χ1) is 9.56. The van der Waals surface area contributed by atoms with E-state index < -0.39 is 5.97 Å². The van der Waals surface area contributed by atoms with E-state index in [0.717, 1.165) is 44.4 Å². The van der Waals surface area contributed by atoms with E-state index in [2.05, 4.69) is 23.7 Å². The van der Waals surface area contributed by atoms with Crippen LogP contribution >= 0.6 is 11.8 Å². The summed E-state index contributed by atoms with van der Waals surface area (Å²) in [7, 11) is 0. The molecule has 0 fully saturated rings. The molecule has 1 aromatic rings. The number of hydrogen-bond donors (Lipinski definition) is 1. The molecule has 0 aliphatic heterocycles. The summed E-state index contributed by atoms with van der Waals surface area (Å²) in [6.45, 7) is 7.98. The minimum atomic E-state index is -0.914. The molecule has 0 saturated heterocycles. The molecule has 112 valence electrons. The summed E-state index contributed by atoms with van der Waals surface area (Å²) in [5, 5.41) is 9.18. The van der Waals surface area contributed by atoms with Crippen LogP contribution in [0.25, 0.3) is 0 Å². The van der Waals surface area contributed by atoms with Gasteiger partial charge in [0, 0.05) is 18.8 Å². The van der Waals surface area contributed by atoms with Crippen molar-refractivity contribution in [2.75, 3.05) is 25.4 Å². The zero-order chi connectivity index (χ0) is 15.0. The van der Waals surface area contributed by atoms with Gasteiger partial charge in [-0.2, -0.15) is 4.98 Å². The van der Waals surface area contributed by atoms with E-state index in [0.29, 0.717) is 5.16 Å². The van der Waals surface area contributed by atoms with Crippen LogP contribution in [-0.2, 0) is 11.3 Å². The number of aryl methyl sites for hydroxylation is 1. The van der Waals surface area contributed by atoms with Gasteiger partial charge in [0.25, 0.3) is 5.56 Å². The lowest BCUT2D eigenvalue weighted by molar-refractivity contribution is -0.133. The fourth-order valence-electron chi connectivity index (χ4n) is 1.83. The summed E-state index contributed by atoms with van der Waals surface area (Å²) in [5.74, 6) is -1.00. The molecule has 1 rings (SSSR count). The van der Waals surface area contributed by atoms with E-state index in [1.54, 1.807) is 6.20 Å². The van der Waals surface area contributed by atoms with Crippen LogP contribution in [0.2, 0.25) is 0 Å². The minimum Gasteiger partial charge on any atom is -0.481 e. The van der Waals surface area contributed by atoms with E-state index in [1.165, 1.54) is 6.07 Å². The fourth-order valence-corrected chi connectivity index (χ4v) is 2.55. The van der Waals surface area contributed by atoms with Crippen molar-refractivity contribution in [1.29, 1.82) is 0 Å². The van der Waals surface area contributed by atoms with Crippen molar-refractivity contribution in [2.24, 2.45) is 0 Å². The van der Waals surface area contributed by atoms with E-state index in [9.17, 15) is 9.59 Å². The van der Waals surface area contributed by atoms with Gasteiger partial charge in [-0.1, -0.05) is 25.6 Å². The van der Waals surface area contributed by atoms with Crippen LogP contribution in [0.3, 0.4) is 0 Å². The monoisotopic (exact) mass is 299 g/mol. The second-order valence-electron chi connectivity index (χ2n) is 4.30. The van der Waals surface area contributed by atoms with Gasteiger partial charge >= 0.3 is 5.97 Å². The standard InChI is InChI=1S/C13H21N3O3S/c1-3-15(4-2)7-5-8-16-9-6-11(17)14-13(16)20-10-12(18)19/h6,9H,3-5,7-8,10H2,1-2H3,(H,18,19). The van der Waals surface area contributed by atoms with Crippen LogP contribution in [0.4, 0.5) is 0 Å². The maximum Gasteiger partial charge on any atom is 0.313 e. The van der Waals surface area contributed by atoms with Gasteiger partial charge in [-0.05, 0) is 26.1 Å². The van der Waals surface area contributed by atoms with E-state index in [-0.39, 0.29) is 11.3 Å². The minimum absolute atomic E-state index is 0.0908. The normalized spacial score (nSPS) is 10.9. The molecule has 0 saturated carbocycles. The van der Waals surface area contributed by atoms with Crippen molar-refractivity contribution >= 4 is 17.7 Å². The van der Waals surface area contributed by atoms with Gasteiger partial charge in [-0.3, -0.25) is 9.59 Å². The number of carboxylic acid groups (broad SMARTS) is 1. The van der Waals surface area contributed by atoms with E-state index in [1.807, 2.05) is 4.57 Å². The van der Waals surface area contributed by atoms with Crippen molar-refractivity contribution in [3.05, 3.63) is 22.6 Å². The molecule has 0 unspecified atom stereocenters. The first-order valence-corrected chi connectivity index (χ1v) is 7.69. The molecule has 0 bridgehead atoms. The van der Waals surface area contributed by atoms with Crippen molar-refractivity contribution in [3.8, 4) is 0 Å². The van der Waals surface area contributed by atoms with Gasteiger partial charge < -0.3 is 14.6 Å². The van der Waals surface area contributed by atoms with Crippen molar-refractivity contribution < 1.29 is 9.90 Å². The average Bonchev–Trinajstić information content (AvgIpc) is 2.43. The molecule has 0 spiro atoms. The van der Waals surface area contributed by atoms with Crippen LogP contribution < -0.4 is 5.56 Å². The maximum absolute atomic E-state index is 11.3. The number of rotatable bonds is 9. The quantitative estimate of drug-likeness (QED) is 0.544. The number of aliphatic carboxylic acids is 1. The van der Waals surface area contributed by atoms with Gasteiger partial charge in [-0.15, -0.1) is 0 Å². The molecule has 6 nitrogen and oxygen atoms in total. The van der Waals surface area contributed by atoms with Crippen LogP contribution in [0.1, 0.15) is 20.3 Å². The molecular weight excluding hydrogens is 278 g/mol. The fraction of sp³-hybridized carbons (Fsp3) is 0.615. The number of thioether (sulfide) groups is 1. The highest BCUT2D eigenvalue weighted by Crippen LogP contribution is 2.13. The highest BCUT2D eigenvalue weighted by Gasteiger charge is 2.07. The molecule has 0 radical (unpaired) electrons. The zero-order valence-electron chi connectivity index (χ0n) is 11.9. The van der Waals surface area contributed by atoms with Gasteiger partial charge in [0.2, 0.25) is 0 Å². The first-order valence-electron chi connectivity index (χ1n) is 6.71. The topological polar surface area (TPSA) is 75.4 Å². The summed E-state index contributed by atoms with van der Waals surface area (Å²) < 4.78 is 1.85. The molecule has 0 atom stereocenters. The van der Waals surface area contributed by atoms with Crippen LogP contribution in [0.15, 0.2) is 22.2 Å². The number of hydrogen-bond acceptors (Lipinski definition) is 5. The zero-order valence-corrected chi connectivity index (χ0v) is 12.7. The molecule has 0 aliphatic rings. The molecule has 20 heavy (non-hydrogen) atoms. The van der Waals surface area contributed by atoms with Gasteiger partial charge in [0.1, 0.15) is 0 Å². The third kappa shape index (κ3) is 5.75. The number of carbonyl (C=O) groups is 1. The molecule has 1 N–H and O–H groups in total. The SMILES string of the molecule is CCN(CC)CCCn1ccc(=O)nc1SCC(=O)O. The Bertz CT molecular complexity index is 486. The Morgan fingerprint density at radius 1 is 1.45 bits per heavy atom. The second kappa shape index (κ2) is 8.76. The largest absolute Gasteiger partial charge is 0.481 e. The lowest BCUT2D eigenvalue weighted by atomic mass is 10.3. The first kappa shape index (κ1) is 16.7. The van der Waals surface area contributed by atoms with Crippen molar-refractivity contribution in [1.82, 2.24) is 14.5 Å². The lowest BCUT2D eigenvalue weighted by Crippen LogP contribution is -2.25. The maximum atomic E-state index is 11.3. The third-order valence-electron chi connectivity index (χ3n) is 2.94. The van der Waals surface area contributed by atoms with Crippen LogP contribution in [0, 0.1) is 0 Å². The average molecular weight is 299 g/mol. The summed E-state index contributed by atoms with van der Waals surface area (Å²) >= 11 is 1.08. The summed E-state index contributed by atoms with van der Waals surface area (Å²) in [4.78, 5) is 28.1. The Balaban J connectivity index is 2.63. The molecule has 0 aromatic carbocycles. The molecule has 1 heterocycles. The third-order valence-corrected chi connectivity index (χ3v) is 3.92. The van der Waals surface area contributed by atoms with Crippen LogP contribution in [-0.4, -0.2) is 50.9 Å². The smallest absolute Gasteiger partial charge is 0.313 e. The van der Waals surface area contributed by atoms with Gasteiger partial charge in [0.05, 0.1) is 5.75 Å². The van der Waals surface area contributed by atoms with Gasteiger partial charge in [-0.25, -0.2) is 0 Å². The predicted octanol–water partition coefficient (Wildman–Crippen LogP) is 1.15. The highest BCUT2D eigenvalue weighted by molar-refractivity contribution is 7.99. The molecule has 7 heteroatoms. The Kier molecular flexibility index (Phi) is 7.32. The van der Waals surface area contributed by atoms with Crippen molar-refractivity contribution in [3.63, 3.8) is 0 Å². The van der Waals surface area contributed by atoms with Crippen LogP contribution in [0.5, 0.6) is 0 Å². The second-order valence-corrected chi connectivity index (χ2v) is 5.25. The summed E-state index contributed by atoms with van der Waals surface area (Å²) in [6.07, 6.45) is 2.62. The van der Waals surface area contributed by atoms with Crippen molar-refractivity contribution in [2.45, 2.75) is 32.0 Å². The van der Waals surface area contributed by atoms with E-state index in [4.69, 9.17) is 5.11 Å². The lowest BCUT2D eigenvalue weighted by Gasteiger charge is -2.18. The Hall–Kier alpha value is -1.34.